The molecule has 0 saturated carbocycles. The van der Waals surface area contributed by atoms with Crippen molar-refractivity contribution in [2.75, 3.05) is 7.05 Å². The second-order valence-electron chi connectivity index (χ2n) is 3.94. The highest BCUT2D eigenvalue weighted by molar-refractivity contribution is 5.48. The van der Waals surface area contributed by atoms with E-state index < -0.39 is 0 Å². The third-order valence-electron chi connectivity index (χ3n) is 2.70. The van der Waals surface area contributed by atoms with Gasteiger partial charge in [0.1, 0.15) is 5.69 Å². The summed E-state index contributed by atoms with van der Waals surface area (Å²) in [4.78, 5) is 13.1. The zero-order valence-electron chi connectivity index (χ0n) is 10.4. The van der Waals surface area contributed by atoms with E-state index in [1.165, 1.54) is 0 Å². The van der Waals surface area contributed by atoms with Crippen LogP contribution >= 0.6 is 0 Å². The molecule has 0 aliphatic carbocycles. The Bertz CT molecular complexity index is 503. The van der Waals surface area contributed by atoms with Crippen LogP contribution in [-0.4, -0.2) is 26.6 Å². The van der Waals surface area contributed by atoms with E-state index in [-0.39, 0.29) is 0 Å². The molecule has 2 heterocycles. The smallest absolute Gasteiger partial charge is 0.178 e. The summed E-state index contributed by atoms with van der Waals surface area (Å²) >= 11 is 0. The Morgan fingerprint density at radius 1 is 1.35 bits per heavy atom. The number of nitrogens with zero attached hydrogens (tertiary/aromatic N) is 4. The van der Waals surface area contributed by atoms with Crippen LogP contribution in [0.25, 0.3) is 11.5 Å². The van der Waals surface area contributed by atoms with Crippen molar-refractivity contribution < 1.29 is 0 Å². The van der Waals surface area contributed by atoms with Gasteiger partial charge in [-0.05, 0) is 13.5 Å². The Balaban J connectivity index is 2.41. The first kappa shape index (κ1) is 11.7. The van der Waals surface area contributed by atoms with E-state index in [2.05, 4.69) is 27.2 Å². The van der Waals surface area contributed by atoms with Crippen molar-refractivity contribution in [1.82, 2.24) is 24.8 Å². The highest BCUT2D eigenvalue weighted by atomic mass is 15.1. The average molecular weight is 231 g/mol. The first-order chi connectivity index (χ1) is 8.26. The van der Waals surface area contributed by atoms with E-state index in [9.17, 15) is 0 Å². The summed E-state index contributed by atoms with van der Waals surface area (Å²) in [5, 5.41) is 3.13. The van der Waals surface area contributed by atoms with Gasteiger partial charge in [-0.1, -0.05) is 6.92 Å². The Kier molecular flexibility index (Phi) is 3.49. The molecule has 0 saturated heterocycles. The molecule has 5 nitrogen and oxygen atoms in total. The van der Waals surface area contributed by atoms with Crippen LogP contribution in [0.2, 0.25) is 0 Å². The van der Waals surface area contributed by atoms with E-state index >= 15 is 0 Å². The molecule has 0 fully saturated rings. The van der Waals surface area contributed by atoms with Crippen molar-refractivity contribution in [3.63, 3.8) is 0 Å². The first-order valence-electron chi connectivity index (χ1n) is 5.72. The number of imidazole rings is 1. The predicted octanol–water partition coefficient (Wildman–Crippen LogP) is 1.16. The van der Waals surface area contributed by atoms with Crippen molar-refractivity contribution in [2.45, 2.75) is 19.9 Å². The molecule has 2 aromatic heterocycles. The van der Waals surface area contributed by atoms with Crippen molar-refractivity contribution >= 4 is 0 Å². The molecule has 0 radical (unpaired) electrons. The van der Waals surface area contributed by atoms with Gasteiger partial charge in [0.05, 0.1) is 12.5 Å². The topological polar surface area (TPSA) is 55.6 Å². The normalized spacial score (nSPS) is 10.8. The molecule has 1 N–H and O–H groups in total. The number of hydrogen-bond acceptors (Lipinski definition) is 4. The van der Waals surface area contributed by atoms with Crippen molar-refractivity contribution in [2.24, 2.45) is 7.05 Å². The minimum Gasteiger partial charge on any atom is -0.331 e. The first-order valence-corrected chi connectivity index (χ1v) is 5.72. The Morgan fingerprint density at radius 2 is 2.18 bits per heavy atom. The van der Waals surface area contributed by atoms with Crippen molar-refractivity contribution in [1.29, 1.82) is 0 Å². The van der Waals surface area contributed by atoms with Gasteiger partial charge in [0.25, 0.3) is 0 Å². The van der Waals surface area contributed by atoms with Crippen LogP contribution in [0, 0.1) is 0 Å². The van der Waals surface area contributed by atoms with Crippen molar-refractivity contribution in [3.8, 4) is 11.5 Å². The minimum atomic E-state index is 0.738. The zero-order valence-corrected chi connectivity index (χ0v) is 10.4. The van der Waals surface area contributed by atoms with Gasteiger partial charge >= 0.3 is 0 Å². The fourth-order valence-electron chi connectivity index (χ4n) is 1.78. The Labute approximate surface area is 101 Å². The molecule has 0 aliphatic rings. The summed E-state index contributed by atoms with van der Waals surface area (Å²) in [6.07, 6.45) is 6.34. The van der Waals surface area contributed by atoms with E-state index in [4.69, 9.17) is 0 Å². The molecule has 0 aromatic carbocycles. The SMILES string of the molecule is CCc1nc(-c2cncn2C)ncc1CNC. The maximum atomic E-state index is 4.60. The lowest BCUT2D eigenvalue weighted by Gasteiger charge is -2.08. The molecule has 2 aromatic rings. The highest BCUT2D eigenvalue weighted by Crippen LogP contribution is 2.15. The number of rotatable bonds is 4. The monoisotopic (exact) mass is 231 g/mol. The largest absolute Gasteiger partial charge is 0.331 e. The maximum Gasteiger partial charge on any atom is 0.178 e. The molecule has 0 unspecified atom stereocenters. The van der Waals surface area contributed by atoms with Gasteiger partial charge in [-0.15, -0.1) is 0 Å². The zero-order chi connectivity index (χ0) is 12.3. The molecule has 17 heavy (non-hydrogen) atoms. The quantitative estimate of drug-likeness (QED) is 0.858. The molecule has 0 spiro atoms. The Hall–Kier alpha value is -1.75. The Morgan fingerprint density at radius 3 is 2.76 bits per heavy atom. The second-order valence-corrected chi connectivity index (χ2v) is 3.94. The molecule has 0 atom stereocenters. The van der Waals surface area contributed by atoms with Gasteiger partial charge in [-0.25, -0.2) is 15.0 Å². The molecule has 5 heteroatoms. The van der Waals surface area contributed by atoms with Crippen LogP contribution < -0.4 is 5.32 Å². The van der Waals surface area contributed by atoms with Gasteiger partial charge in [-0.2, -0.15) is 0 Å². The molecule has 2 rings (SSSR count). The van der Waals surface area contributed by atoms with E-state index in [0.29, 0.717) is 0 Å². The van der Waals surface area contributed by atoms with Crippen LogP contribution in [0.5, 0.6) is 0 Å². The van der Waals surface area contributed by atoms with E-state index in [1.54, 1.807) is 12.5 Å². The molecular formula is C12H17N5. The van der Waals surface area contributed by atoms with E-state index in [0.717, 1.165) is 35.7 Å². The summed E-state index contributed by atoms with van der Waals surface area (Å²) in [6, 6.07) is 0. The van der Waals surface area contributed by atoms with Gasteiger partial charge in [-0.3, -0.25) is 0 Å². The highest BCUT2D eigenvalue weighted by Gasteiger charge is 2.09. The maximum absolute atomic E-state index is 4.60. The summed E-state index contributed by atoms with van der Waals surface area (Å²) in [5.74, 6) is 0.738. The van der Waals surface area contributed by atoms with Crippen LogP contribution in [0.1, 0.15) is 18.2 Å². The van der Waals surface area contributed by atoms with Gasteiger partial charge in [0.15, 0.2) is 5.82 Å². The summed E-state index contributed by atoms with van der Waals surface area (Å²) in [6.45, 7) is 2.91. The van der Waals surface area contributed by atoms with Crippen LogP contribution in [0.4, 0.5) is 0 Å². The predicted molar refractivity (Wildman–Crippen MR) is 66.4 cm³/mol. The van der Waals surface area contributed by atoms with Crippen LogP contribution in [-0.2, 0) is 20.0 Å². The van der Waals surface area contributed by atoms with Gasteiger partial charge in [0, 0.05) is 31.0 Å². The minimum absolute atomic E-state index is 0.738. The van der Waals surface area contributed by atoms with Gasteiger partial charge < -0.3 is 9.88 Å². The lowest BCUT2D eigenvalue weighted by molar-refractivity contribution is 0.784. The second kappa shape index (κ2) is 5.05. The summed E-state index contributed by atoms with van der Waals surface area (Å²) in [5.41, 5.74) is 3.18. The average Bonchev–Trinajstić information content (AvgIpc) is 2.76. The van der Waals surface area contributed by atoms with Crippen LogP contribution in [0.3, 0.4) is 0 Å². The third kappa shape index (κ3) is 2.34. The van der Waals surface area contributed by atoms with Crippen LogP contribution in [0.15, 0.2) is 18.7 Å². The lowest BCUT2D eigenvalue weighted by Crippen LogP contribution is -2.10. The molecule has 0 bridgehead atoms. The van der Waals surface area contributed by atoms with E-state index in [1.807, 2.05) is 24.9 Å². The van der Waals surface area contributed by atoms with Gasteiger partial charge in [0.2, 0.25) is 0 Å². The summed E-state index contributed by atoms with van der Waals surface area (Å²) < 4.78 is 1.92. The number of nitrogens with one attached hydrogen (secondary N) is 1. The molecule has 0 amide bonds. The summed E-state index contributed by atoms with van der Waals surface area (Å²) in [7, 11) is 3.87. The fraction of sp³-hybridized carbons (Fsp3) is 0.417. The fourth-order valence-corrected chi connectivity index (χ4v) is 1.78. The molecular weight excluding hydrogens is 214 g/mol. The third-order valence-corrected chi connectivity index (χ3v) is 2.70. The number of aromatic nitrogens is 4. The number of aryl methyl sites for hydroxylation is 2. The lowest BCUT2D eigenvalue weighted by atomic mass is 10.2. The molecule has 0 aliphatic heterocycles. The standard InChI is InChI=1S/C12H17N5/c1-4-10-9(5-13-2)6-15-12(16-10)11-7-14-8-17(11)3/h6-8,13H,4-5H2,1-3H3. The number of hydrogen-bond donors (Lipinski definition) is 1. The molecule has 90 valence electrons. The van der Waals surface area contributed by atoms with Crippen molar-refractivity contribution in [3.05, 3.63) is 30.0 Å².